The molecule has 7 heteroatoms. The normalized spacial score (nSPS) is 11.9. The maximum absolute atomic E-state index is 13.3. The van der Waals surface area contributed by atoms with Crippen molar-refractivity contribution in [3.63, 3.8) is 0 Å². The molecule has 26 heavy (non-hydrogen) atoms. The number of aryl methyl sites for hydroxylation is 1. The highest BCUT2D eigenvalue weighted by Gasteiger charge is 2.40. The second-order valence-electron chi connectivity index (χ2n) is 6.31. The third-order valence-electron chi connectivity index (χ3n) is 3.82. The van der Waals surface area contributed by atoms with E-state index in [9.17, 15) is 13.2 Å². The fraction of sp³-hybridized carbons (Fsp3) is 0.684. The van der Waals surface area contributed by atoms with E-state index in [-0.39, 0.29) is 0 Å². The van der Waals surface area contributed by atoms with Crippen LogP contribution in [0.2, 0.25) is 6.04 Å². The molecule has 0 N–H and O–H groups in total. The number of halogens is 3. The molecule has 0 saturated heterocycles. The van der Waals surface area contributed by atoms with Crippen LogP contribution < -0.4 is 0 Å². The Kier molecular flexibility index (Phi) is 11.1. The molecule has 1 rings (SSSR count). The molecule has 0 aliphatic rings. The molecule has 0 unspecified atom stereocenters. The van der Waals surface area contributed by atoms with Crippen molar-refractivity contribution in [1.82, 2.24) is 0 Å². The molecule has 0 spiro atoms. The lowest BCUT2D eigenvalue weighted by Gasteiger charge is -2.29. The molecule has 0 saturated carbocycles. The fourth-order valence-corrected chi connectivity index (χ4v) is 5.45. The zero-order chi connectivity index (χ0) is 19.4. The van der Waals surface area contributed by atoms with Gasteiger partial charge in [-0.05, 0) is 56.2 Å². The van der Waals surface area contributed by atoms with E-state index in [0.717, 1.165) is 37.8 Å². The third kappa shape index (κ3) is 7.78. The summed E-state index contributed by atoms with van der Waals surface area (Å²) in [6, 6.07) is 2.77. The van der Waals surface area contributed by atoms with Gasteiger partial charge in [-0.1, -0.05) is 20.8 Å². The Morgan fingerprint density at radius 3 is 1.65 bits per heavy atom. The van der Waals surface area contributed by atoms with Crippen LogP contribution in [0.4, 0.5) is 13.2 Å². The van der Waals surface area contributed by atoms with Crippen molar-refractivity contribution in [1.29, 1.82) is 0 Å². The lowest BCUT2D eigenvalue weighted by Crippen LogP contribution is -2.46. The van der Waals surface area contributed by atoms with Gasteiger partial charge in [0.1, 0.15) is 0 Å². The molecule has 0 atom stereocenters. The van der Waals surface area contributed by atoms with Crippen LogP contribution in [0.3, 0.4) is 0 Å². The van der Waals surface area contributed by atoms with E-state index in [2.05, 4.69) is 0 Å². The van der Waals surface area contributed by atoms with Gasteiger partial charge in [0, 0.05) is 25.9 Å². The SMILES string of the molecule is CCCO[Si](CCCCc1cc(F)c(F)c(F)c1)(OCCC)OCCC. The molecular formula is C19H31F3O3Si. The van der Waals surface area contributed by atoms with Gasteiger partial charge < -0.3 is 13.3 Å². The van der Waals surface area contributed by atoms with Gasteiger partial charge in [-0.3, -0.25) is 0 Å². The van der Waals surface area contributed by atoms with Crippen LogP contribution >= 0.6 is 0 Å². The largest absolute Gasteiger partial charge is 0.500 e. The Morgan fingerprint density at radius 2 is 1.23 bits per heavy atom. The van der Waals surface area contributed by atoms with Gasteiger partial charge >= 0.3 is 8.80 Å². The first-order valence-electron chi connectivity index (χ1n) is 9.53. The maximum Gasteiger partial charge on any atom is 0.500 e. The Labute approximate surface area is 156 Å². The molecule has 3 nitrogen and oxygen atoms in total. The monoisotopic (exact) mass is 392 g/mol. The second kappa shape index (κ2) is 12.5. The van der Waals surface area contributed by atoms with E-state index >= 15 is 0 Å². The quantitative estimate of drug-likeness (QED) is 0.233. The van der Waals surface area contributed by atoms with Crippen LogP contribution in [0.1, 0.15) is 58.4 Å². The van der Waals surface area contributed by atoms with Crippen molar-refractivity contribution >= 4 is 8.80 Å². The molecule has 0 amide bonds. The summed E-state index contributed by atoms with van der Waals surface area (Å²) in [7, 11) is -2.74. The topological polar surface area (TPSA) is 27.7 Å². The van der Waals surface area contributed by atoms with Crippen molar-refractivity contribution in [3.05, 3.63) is 35.1 Å². The van der Waals surface area contributed by atoms with Gasteiger partial charge in [-0.2, -0.15) is 0 Å². The first kappa shape index (κ1) is 23.1. The van der Waals surface area contributed by atoms with E-state index < -0.39 is 26.3 Å². The summed E-state index contributed by atoms with van der Waals surface area (Å²) in [5.41, 5.74) is 0.451. The van der Waals surface area contributed by atoms with Gasteiger partial charge in [0.2, 0.25) is 0 Å². The minimum Gasteiger partial charge on any atom is -0.373 e. The minimum absolute atomic E-state index is 0.451. The molecule has 0 aliphatic carbocycles. The Hall–Kier alpha value is -0.893. The highest BCUT2D eigenvalue weighted by atomic mass is 28.4. The lowest BCUT2D eigenvalue weighted by molar-refractivity contribution is 0.0586. The number of rotatable bonds is 14. The number of benzene rings is 1. The summed E-state index contributed by atoms with van der Waals surface area (Å²) >= 11 is 0. The molecular weight excluding hydrogens is 361 g/mol. The van der Waals surface area contributed by atoms with Crippen molar-refractivity contribution in [3.8, 4) is 0 Å². The Bertz CT molecular complexity index is 484. The van der Waals surface area contributed by atoms with E-state index in [0.29, 0.717) is 44.3 Å². The summed E-state index contributed by atoms with van der Waals surface area (Å²) in [6.07, 6.45) is 4.56. The van der Waals surface area contributed by atoms with Crippen LogP contribution in [-0.2, 0) is 19.7 Å². The smallest absolute Gasteiger partial charge is 0.373 e. The van der Waals surface area contributed by atoms with Gasteiger partial charge in [-0.15, -0.1) is 0 Å². The number of unbranched alkanes of at least 4 members (excludes halogenated alkanes) is 1. The van der Waals surface area contributed by atoms with Crippen molar-refractivity contribution in [2.24, 2.45) is 0 Å². The van der Waals surface area contributed by atoms with Crippen LogP contribution in [0.15, 0.2) is 12.1 Å². The minimum atomic E-state index is -2.74. The third-order valence-corrected chi connectivity index (χ3v) is 6.72. The molecule has 0 heterocycles. The van der Waals surface area contributed by atoms with Crippen LogP contribution in [-0.4, -0.2) is 28.6 Å². The average molecular weight is 393 g/mol. The van der Waals surface area contributed by atoms with Gasteiger partial charge in [0.05, 0.1) is 0 Å². The van der Waals surface area contributed by atoms with E-state index in [1.165, 1.54) is 0 Å². The second-order valence-corrected chi connectivity index (χ2v) is 9.04. The van der Waals surface area contributed by atoms with E-state index in [4.69, 9.17) is 13.3 Å². The van der Waals surface area contributed by atoms with Gasteiger partial charge in [-0.25, -0.2) is 13.2 Å². The highest BCUT2D eigenvalue weighted by Crippen LogP contribution is 2.22. The van der Waals surface area contributed by atoms with Crippen LogP contribution in [0, 0.1) is 17.5 Å². The molecule has 0 fully saturated rings. The predicted molar refractivity (Wildman–Crippen MR) is 98.5 cm³/mol. The molecule has 1 aromatic carbocycles. The van der Waals surface area contributed by atoms with Crippen molar-refractivity contribution < 1.29 is 26.4 Å². The van der Waals surface area contributed by atoms with Crippen molar-refractivity contribution in [2.45, 2.75) is 65.3 Å². The highest BCUT2D eigenvalue weighted by molar-refractivity contribution is 6.60. The number of hydrogen-bond donors (Lipinski definition) is 0. The molecule has 0 aromatic heterocycles. The zero-order valence-electron chi connectivity index (χ0n) is 16.1. The summed E-state index contributed by atoms with van der Waals surface area (Å²) in [4.78, 5) is 0. The molecule has 0 aliphatic heterocycles. The summed E-state index contributed by atoms with van der Waals surface area (Å²) < 4.78 is 57.6. The average Bonchev–Trinajstić information content (AvgIpc) is 2.64. The number of hydrogen-bond acceptors (Lipinski definition) is 3. The Balaban J connectivity index is 2.63. The Morgan fingerprint density at radius 1 is 0.769 bits per heavy atom. The van der Waals surface area contributed by atoms with Crippen LogP contribution in [0.25, 0.3) is 0 Å². The van der Waals surface area contributed by atoms with Gasteiger partial charge in [0.25, 0.3) is 0 Å². The predicted octanol–water partition coefficient (Wildman–Crippen LogP) is 5.65. The summed E-state index contributed by atoms with van der Waals surface area (Å²) in [6.45, 7) is 7.89. The van der Waals surface area contributed by atoms with Crippen molar-refractivity contribution in [2.75, 3.05) is 19.8 Å². The summed E-state index contributed by atoms with van der Waals surface area (Å²) in [5, 5.41) is 0. The lowest BCUT2D eigenvalue weighted by atomic mass is 10.1. The van der Waals surface area contributed by atoms with E-state index in [1.807, 2.05) is 20.8 Å². The standard InChI is InChI=1S/C19H31F3O3Si/c1-4-10-23-26(24-11-5-2,25-12-6-3)13-8-7-9-16-14-17(20)19(22)18(21)15-16/h14-15H,4-13H2,1-3H3. The zero-order valence-corrected chi connectivity index (χ0v) is 17.1. The first-order chi connectivity index (χ1) is 12.5. The van der Waals surface area contributed by atoms with E-state index in [1.54, 1.807) is 0 Å². The van der Waals surface area contributed by atoms with Gasteiger partial charge in [0.15, 0.2) is 17.5 Å². The molecule has 0 radical (unpaired) electrons. The maximum atomic E-state index is 13.3. The molecule has 0 bridgehead atoms. The molecule has 150 valence electrons. The summed E-state index contributed by atoms with van der Waals surface area (Å²) in [5.74, 6) is -3.71. The first-order valence-corrected chi connectivity index (χ1v) is 11.5. The fourth-order valence-electron chi connectivity index (χ4n) is 2.54. The molecule has 1 aromatic rings. The van der Waals surface area contributed by atoms with Crippen LogP contribution in [0.5, 0.6) is 0 Å².